The maximum absolute atomic E-state index is 3.25. The van der Waals surface area contributed by atoms with Gasteiger partial charge in [0.25, 0.3) is 0 Å². The first-order valence-corrected chi connectivity index (χ1v) is 6.20. The molecule has 0 saturated carbocycles. The summed E-state index contributed by atoms with van der Waals surface area (Å²) < 4.78 is 0. The SMILES string of the molecule is c1c[nH]c(CCCCCCc2ccc[nH]2)c1. The van der Waals surface area contributed by atoms with Gasteiger partial charge in [-0.15, -0.1) is 0 Å². The highest BCUT2D eigenvalue weighted by Crippen LogP contribution is 2.08. The molecule has 0 aliphatic carbocycles. The number of unbranched alkanes of at least 4 members (excludes halogenated alkanes) is 3. The van der Waals surface area contributed by atoms with Crippen LogP contribution < -0.4 is 0 Å². The second-order valence-electron chi connectivity index (χ2n) is 4.30. The summed E-state index contributed by atoms with van der Waals surface area (Å²) in [5.74, 6) is 0. The van der Waals surface area contributed by atoms with Gasteiger partial charge < -0.3 is 9.97 Å². The van der Waals surface area contributed by atoms with Gasteiger partial charge in [-0.3, -0.25) is 0 Å². The Hall–Kier alpha value is -1.44. The van der Waals surface area contributed by atoms with Crippen LogP contribution in [-0.2, 0) is 12.8 Å². The predicted molar refractivity (Wildman–Crippen MR) is 67.5 cm³/mol. The number of H-pyrrole nitrogens is 2. The van der Waals surface area contributed by atoms with Crippen LogP contribution in [0.25, 0.3) is 0 Å². The third-order valence-electron chi connectivity index (χ3n) is 2.97. The number of aryl methyl sites for hydroxylation is 2. The van der Waals surface area contributed by atoms with Crippen molar-refractivity contribution >= 4 is 0 Å². The average molecular weight is 216 g/mol. The van der Waals surface area contributed by atoms with Crippen LogP contribution in [0.2, 0.25) is 0 Å². The molecule has 0 spiro atoms. The Bertz CT molecular complexity index is 321. The number of hydrogen-bond donors (Lipinski definition) is 2. The molecule has 86 valence electrons. The summed E-state index contributed by atoms with van der Waals surface area (Å²) in [5.41, 5.74) is 2.73. The molecular formula is C14H20N2. The third-order valence-corrected chi connectivity index (χ3v) is 2.97. The van der Waals surface area contributed by atoms with Crippen molar-refractivity contribution in [2.24, 2.45) is 0 Å². The van der Waals surface area contributed by atoms with E-state index < -0.39 is 0 Å². The van der Waals surface area contributed by atoms with Gasteiger partial charge in [-0.2, -0.15) is 0 Å². The molecule has 0 aliphatic rings. The number of nitrogens with one attached hydrogen (secondary N) is 2. The zero-order chi connectivity index (χ0) is 11.1. The summed E-state index contributed by atoms with van der Waals surface area (Å²) in [7, 11) is 0. The first-order chi connectivity index (χ1) is 7.95. The lowest BCUT2D eigenvalue weighted by Crippen LogP contribution is -1.88. The first kappa shape index (κ1) is 11.1. The van der Waals surface area contributed by atoms with Crippen molar-refractivity contribution < 1.29 is 0 Å². The van der Waals surface area contributed by atoms with Crippen molar-refractivity contribution in [2.45, 2.75) is 38.5 Å². The van der Waals surface area contributed by atoms with Gasteiger partial charge in [-0.1, -0.05) is 12.8 Å². The highest BCUT2D eigenvalue weighted by atomic mass is 14.7. The largest absolute Gasteiger partial charge is 0.365 e. The lowest BCUT2D eigenvalue weighted by Gasteiger charge is -2.00. The molecule has 0 radical (unpaired) electrons. The highest BCUT2D eigenvalue weighted by molar-refractivity contribution is 5.04. The van der Waals surface area contributed by atoms with Crippen molar-refractivity contribution in [1.29, 1.82) is 0 Å². The Balaban J connectivity index is 1.49. The van der Waals surface area contributed by atoms with E-state index in [2.05, 4.69) is 34.2 Å². The van der Waals surface area contributed by atoms with E-state index in [1.54, 1.807) is 0 Å². The molecule has 0 aliphatic heterocycles. The summed E-state index contributed by atoms with van der Waals surface area (Å²) >= 11 is 0. The quantitative estimate of drug-likeness (QED) is 0.662. The summed E-state index contributed by atoms with van der Waals surface area (Å²) in [6.07, 6.45) is 11.6. The number of rotatable bonds is 7. The van der Waals surface area contributed by atoms with Crippen LogP contribution in [-0.4, -0.2) is 9.97 Å². The molecule has 0 unspecified atom stereocenters. The zero-order valence-corrected chi connectivity index (χ0v) is 9.71. The Morgan fingerprint density at radius 2 is 1.19 bits per heavy atom. The molecule has 0 saturated heterocycles. The van der Waals surface area contributed by atoms with Gasteiger partial charge in [-0.05, 0) is 49.9 Å². The van der Waals surface area contributed by atoms with Crippen LogP contribution in [0.5, 0.6) is 0 Å². The van der Waals surface area contributed by atoms with Gasteiger partial charge in [0.15, 0.2) is 0 Å². The van der Waals surface area contributed by atoms with Gasteiger partial charge in [0, 0.05) is 23.8 Å². The van der Waals surface area contributed by atoms with E-state index in [1.807, 2.05) is 12.4 Å². The fourth-order valence-electron chi connectivity index (χ4n) is 2.03. The van der Waals surface area contributed by atoms with E-state index >= 15 is 0 Å². The molecule has 2 N–H and O–H groups in total. The third kappa shape index (κ3) is 3.61. The molecule has 2 nitrogen and oxygen atoms in total. The molecule has 0 aromatic carbocycles. The first-order valence-electron chi connectivity index (χ1n) is 6.20. The molecule has 0 fully saturated rings. The minimum Gasteiger partial charge on any atom is -0.365 e. The second kappa shape index (κ2) is 6.21. The van der Waals surface area contributed by atoms with Gasteiger partial charge in [0.2, 0.25) is 0 Å². The molecule has 2 aromatic rings. The molecule has 2 rings (SSSR count). The molecule has 0 amide bonds. The number of aromatic amines is 2. The Morgan fingerprint density at radius 3 is 1.56 bits per heavy atom. The standard InChI is InChI=1S/C14H20N2/c1(3-7-13-9-5-11-15-13)2-4-8-14-10-6-12-16-14/h5-6,9-12,15-16H,1-4,7-8H2. The van der Waals surface area contributed by atoms with Crippen LogP contribution in [0, 0.1) is 0 Å². The fourth-order valence-corrected chi connectivity index (χ4v) is 2.03. The zero-order valence-electron chi connectivity index (χ0n) is 9.71. The Kier molecular flexibility index (Phi) is 4.29. The summed E-state index contributed by atoms with van der Waals surface area (Å²) in [4.78, 5) is 6.49. The highest BCUT2D eigenvalue weighted by Gasteiger charge is 1.95. The van der Waals surface area contributed by atoms with Crippen LogP contribution in [0.1, 0.15) is 37.1 Å². The maximum Gasteiger partial charge on any atom is 0.0147 e. The number of hydrogen-bond acceptors (Lipinski definition) is 0. The fraction of sp³-hybridized carbons (Fsp3) is 0.429. The number of aromatic nitrogens is 2. The molecule has 0 atom stereocenters. The Morgan fingerprint density at radius 1 is 0.688 bits per heavy atom. The van der Waals surface area contributed by atoms with Crippen molar-refractivity contribution in [3.8, 4) is 0 Å². The van der Waals surface area contributed by atoms with E-state index in [1.165, 1.54) is 49.9 Å². The predicted octanol–water partition coefficient (Wildman–Crippen LogP) is 3.69. The van der Waals surface area contributed by atoms with E-state index in [9.17, 15) is 0 Å². The smallest absolute Gasteiger partial charge is 0.0147 e. The van der Waals surface area contributed by atoms with E-state index in [4.69, 9.17) is 0 Å². The summed E-state index contributed by atoms with van der Waals surface area (Å²) in [5, 5.41) is 0. The van der Waals surface area contributed by atoms with Crippen LogP contribution in [0.15, 0.2) is 36.7 Å². The molecule has 16 heavy (non-hydrogen) atoms. The van der Waals surface area contributed by atoms with E-state index in [-0.39, 0.29) is 0 Å². The topological polar surface area (TPSA) is 31.6 Å². The monoisotopic (exact) mass is 216 g/mol. The van der Waals surface area contributed by atoms with E-state index in [0.717, 1.165) is 0 Å². The van der Waals surface area contributed by atoms with Gasteiger partial charge in [0.1, 0.15) is 0 Å². The molecule has 2 heterocycles. The van der Waals surface area contributed by atoms with Crippen LogP contribution in [0.4, 0.5) is 0 Å². The van der Waals surface area contributed by atoms with Crippen LogP contribution in [0.3, 0.4) is 0 Å². The molecular weight excluding hydrogens is 196 g/mol. The average Bonchev–Trinajstić information content (AvgIpc) is 2.96. The van der Waals surface area contributed by atoms with Crippen molar-refractivity contribution in [2.75, 3.05) is 0 Å². The maximum atomic E-state index is 3.25. The lowest BCUT2D eigenvalue weighted by atomic mass is 10.1. The van der Waals surface area contributed by atoms with Crippen molar-refractivity contribution in [3.63, 3.8) is 0 Å². The van der Waals surface area contributed by atoms with Crippen molar-refractivity contribution in [1.82, 2.24) is 9.97 Å². The summed E-state index contributed by atoms with van der Waals surface area (Å²) in [6.45, 7) is 0. The van der Waals surface area contributed by atoms with Crippen molar-refractivity contribution in [3.05, 3.63) is 48.0 Å². The Labute approximate surface area is 97.1 Å². The van der Waals surface area contributed by atoms with Gasteiger partial charge >= 0.3 is 0 Å². The normalized spacial score (nSPS) is 10.8. The molecule has 0 bridgehead atoms. The summed E-state index contributed by atoms with van der Waals surface area (Å²) in [6, 6.07) is 8.47. The second-order valence-corrected chi connectivity index (χ2v) is 4.30. The van der Waals surface area contributed by atoms with Gasteiger partial charge in [0.05, 0.1) is 0 Å². The molecule has 2 heteroatoms. The lowest BCUT2D eigenvalue weighted by molar-refractivity contribution is 0.633. The minimum absolute atomic E-state index is 1.19. The minimum atomic E-state index is 1.19. The van der Waals surface area contributed by atoms with Crippen LogP contribution >= 0.6 is 0 Å². The molecule has 2 aromatic heterocycles. The van der Waals surface area contributed by atoms with Gasteiger partial charge in [-0.25, -0.2) is 0 Å². The van der Waals surface area contributed by atoms with E-state index in [0.29, 0.717) is 0 Å².